The summed E-state index contributed by atoms with van der Waals surface area (Å²) >= 11 is 5.82. The molecule has 0 radical (unpaired) electrons. The molecule has 1 aliphatic heterocycles. The van der Waals surface area contributed by atoms with E-state index in [0.29, 0.717) is 5.02 Å². The van der Waals surface area contributed by atoms with Crippen molar-refractivity contribution in [1.29, 1.82) is 0 Å². The van der Waals surface area contributed by atoms with Gasteiger partial charge in [-0.3, -0.25) is 9.88 Å². The highest BCUT2D eigenvalue weighted by Gasteiger charge is 2.18. The lowest BCUT2D eigenvalue weighted by atomic mass is 10.2. The van der Waals surface area contributed by atoms with Crippen LogP contribution >= 0.6 is 11.6 Å². The van der Waals surface area contributed by atoms with Crippen molar-refractivity contribution >= 4 is 17.5 Å². The second-order valence-corrected chi connectivity index (χ2v) is 5.77. The summed E-state index contributed by atoms with van der Waals surface area (Å²) in [6, 6.07) is 2.20. The lowest BCUT2D eigenvalue weighted by molar-refractivity contribution is 0.248. The Morgan fingerprint density at radius 3 is 2.43 bits per heavy atom. The van der Waals surface area contributed by atoms with Gasteiger partial charge in [-0.25, -0.2) is 9.97 Å². The normalized spacial score (nSPS) is 16.2. The molecule has 3 rings (SSSR count). The van der Waals surface area contributed by atoms with Crippen LogP contribution in [0.1, 0.15) is 11.1 Å². The Kier molecular flexibility index (Phi) is 4.31. The number of aryl methyl sites for hydroxylation is 1. The van der Waals surface area contributed by atoms with Crippen LogP contribution in [0.3, 0.4) is 0 Å². The van der Waals surface area contributed by atoms with Crippen LogP contribution in [-0.2, 0) is 6.54 Å². The third-order valence-corrected chi connectivity index (χ3v) is 3.79. The molecule has 1 aliphatic rings. The third-order valence-electron chi connectivity index (χ3n) is 3.60. The molecule has 110 valence electrons. The van der Waals surface area contributed by atoms with Gasteiger partial charge in [-0.05, 0) is 18.1 Å². The fourth-order valence-electron chi connectivity index (χ4n) is 2.54. The highest BCUT2D eigenvalue weighted by molar-refractivity contribution is 6.30. The molecule has 1 saturated heterocycles. The summed E-state index contributed by atoms with van der Waals surface area (Å²) in [5.41, 5.74) is 2.48. The summed E-state index contributed by atoms with van der Waals surface area (Å²) in [5, 5.41) is 0.573. The van der Waals surface area contributed by atoms with Crippen molar-refractivity contribution < 1.29 is 0 Å². The first kappa shape index (κ1) is 14.2. The first-order chi connectivity index (χ1) is 10.2. The fraction of sp³-hybridized carbons (Fsp3) is 0.400. The van der Waals surface area contributed by atoms with Crippen LogP contribution in [0.5, 0.6) is 0 Å². The number of hydrogen-bond donors (Lipinski definition) is 0. The predicted octanol–water partition coefficient (Wildman–Crippen LogP) is 2.16. The van der Waals surface area contributed by atoms with Crippen LogP contribution in [0.2, 0.25) is 5.02 Å². The Bertz CT molecular complexity index is 593. The Hall–Kier alpha value is -1.72. The molecule has 5 nitrogen and oxygen atoms in total. The minimum atomic E-state index is 0.573. The minimum Gasteiger partial charge on any atom is -0.338 e. The molecule has 0 aliphatic carbocycles. The van der Waals surface area contributed by atoms with E-state index < -0.39 is 0 Å². The minimum absolute atomic E-state index is 0.573. The Balaban J connectivity index is 1.56. The maximum absolute atomic E-state index is 5.82. The van der Waals surface area contributed by atoms with E-state index >= 15 is 0 Å². The topological polar surface area (TPSA) is 45.2 Å². The van der Waals surface area contributed by atoms with Crippen molar-refractivity contribution in [2.24, 2.45) is 0 Å². The fourth-order valence-corrected chi connectivity index (χ4v) is 2.63. The van der Waals surface area contributed by atoms with Crippen molar-refractivity contribution in [1.82, 2.24) is 19.9 Å². The molecule has 21 heavy (non-hydrogen) atoms. The molecule has 0 spiro atoms. The number of pyridine rings is 1. The van der Waals surface area contributed by atoms with E-state index in [2.05, 4.69) is 37.7 Å². The molecule has 0 N–H and O–H groups in total. The molecular formula is C15H18ClN5. The molecular weight excluding hydrogens is 286 g/mol. The Morgan fingerprint density at radius 2 is 1.76 bits per heavy atom. The number of hydrogen-bond acceptors (Lipinski definition) is 5. The van der Waals surface area contributed by atoms with Gasteiger partial charge in [-0.15, -0.1) is 0 Å². The number of rotatable bonds is 3. The molecule has 0 saturated carbocycles. The third kappa shape index (κ3) is 3.68. The second kappa shape index (κ2) is 6.37. The number of halogens is 1. The van der Waals surface area contributed by atoms with Crippen LogP contribution in [-0.4, -0.2) is 46.0 Å². The van der Waals surface area contributed by atoms with Gasteiger partial charge in [-0.1, -0.05) is 17.7 Å². The van der Waals surface area contributed by atoms with Crippen molar-refractivity contribution in [2.45, 2.75) is 13.5 Å². The van der Waals surface area contributed by atoms with E-state index in [9.17, 15) is 0 Å². The highest BCUT2D eigenvalue weighted by atomic mass is 35.5. The molecule has 2 aromatic rings. The smallest absolute Gasteiger partial charge is 0.225 e. The van der Waals surface area contributed by atoms with Crippen LogP contribution in [0.4, 0.5) is 5.95 Å². The standard InChI is InChI=1S/C15H18ClN5/c1-12-6-13(8-17-7-12)11-20-2-4-21(5-3-20)15-18-9-14(16)10-19-15/h6-10H,2-5,11H2,1H3. The zero-order valence-electron chi connectivity index (χ0n) is 12.0. The predicted molar refractivity (Wildman–Crippen MR) is 83.5 cm³/mol. The molecule has 1 fully saturated rings. The molecule has 0 amide bonds. The Morgan fingerprint density at radius 1 is 1.05 bits per heavy atom. The number of nitrogens with zero attached hydrogens (tertiary/aromatic N) is 5. The number of anilines is 1. The Labute approximate surface area is 129 Å². The van der Waals surface area contributed by atoms with Gasteiger partial charge in [0.2, 0.25) is 5.95 Å². The zero-order chi connectivity index (χ0) is 14.7. The van der Waals surface area contributed by atoms with Gasteiger partial charge in [0, 0.05) is 45.1 Å². The van der Waals surface area contributed by atoms with Gasteiger partial charge in [0.1, 0.15) is 0 Å². The summed E-state index contributed by atoms with van der Waals surface area (Å²) in [4.78, 5) is 17.4. The summed E-state index contributed by atoms with van der Waals surface area (Å²) < 4.78 is 0. The van der Waals surface area contributed by atoms with E-state index in [1.807, 2.05) is 12.4 Å². The van der Waals surface area contributed by atoms with Crippen LogP contribution in [0, 0.1) is 6.92 Å². The van der Waals surface area contributed by atoms with Gasteiger partial charge >= 0.3 is 0 Å². The van der Waals surface area contributed by atoms with E-state index in [1.54, 1.807) is 12.4 Å². The van der Waals surface area contributed by atoms with Crippen molar-refractivity contribution in [3.05, 3.63) is 47.0 Å². The van der Waals surface area contributed by atoms with Crippen LogP contribution < -0.4 is 4.90 Å². The number of aromatic nitrogens is 3. The van der Waals surface area contributed by atoms with Gasteiger partial charge in [0.25, 0.3) is 0 Å². The molecule has 0 atom stereocenters. The van der Waals surface area contributed by atoms with Gasteiger partial charge < -0.3 is 4.90 Å². The number of piperazine rings is 1. The van der Waals surface area contributed by atoms with E-state index in [1.165, 1.54) is 11.1 Å². The lowest BCUT2D eigenvalue weighted by Gasteiger charge is -2.34. The van der Waals surface area contributed by atoms with Crippen molar-refractivity contribution in [3.63, 3.8) is 0 Å². The summed E-state index contributed by atoms with van der Waals surface area (Å²) in [7, 11) is 0. The van der Waals surface area contributed by atoms with Gasteiger partial charge in [0.05, 0.1) is 17.4 Å². The molecule has 3 heterocycles. The molecule has 0 bridgehead atoms. The van der Waals surface area contributed by atoms with Gasteiger partial charge in [0.15, 0.2) is 0 Å². The van der Waals surface area contributed by atoms with Crippen LogP contribution in [0.15, 0.2) is 30.9 Å². The first-order valence-corrected chi connectivity index (χ1v) is 7.44. The molecule has 0 unspecified atom stereocenters. The van der Waals surface area contributed by atoms with E-state index in [0.717, 1.165) is 38.7 Å². The maximum Gasteiger partial charge on any atom is 0.225 e. The average molecular weight is 304 g/mol. The SMILES string of the molecule is Cc1cncc(CN2CCN(c3ncc(Cl)cn3)CC2)c1. The van der Waals surface area contributed by atoms with Crippen molar-refractivity contribution in [3.8, 4) is 0 Å². The lowest BCUT2D eigenvalue weighted by Crippen LogP contribution is -2.46. The van der Waals surface area contributed by atoms with Crippen LogP contribution in [0.25, 0.3) is 0 Å². The maximum atomic E-state index is 5.82. The summed E-state index contributed by atoms with van der Waals surface area (Å²) in [5.74, 6) is 0.760. The monoisotopic (exact) mass is 303 g/mol. The first-order valence-electron chi connectivity index (χ1n) is 7.06. The van der Waals surface area contributed by atoms with Crippen molar-refractivity contribution in [2.75, 3.05) is 31.1 Å². The molecule has 0 aromatic carbocycles. The summed E-state index contributed by atoms with van der Waals surface area (Å²) in [6.07, 6.45) is 7.13. The highest BCUT2D eigenvalue weighted by Crippen LogP contribution is 2.14. The van der Waals surface area contributed by atoms with Gasteiger partial charge in [-0.2, -0.15) is 0 Å². The largest absolute Gasteiger partial charge is 0.338 e. The quantitative estimate of drug-likeness (QED) is 0.869. The zero-order valence-corrected chi connectivity index (χ0v) is 12.8. The average Bonchev–Trinajstić information content (AvgIpc) is 2.49. The summed E-state index contributed by atoms with van der Waals surface area (Å²) in [6.45, 7) is 6.89. The van der Waals surface area contributed by atoms with E-state index in [4.69, 9.17) is 11.6 Å². The molecule has 2 aromatic heterocycles. The molecule has 6 heteroatoms. The second-order valence-electron chi connectivity index (χ2n) is 5.34. The van der Waals surface area contributed by atoms with E-state index in [-0.39, 0.29) is 0 Å².